The van der Waals surface area contributed by atoms with Crippen LogP contribution in [-0.2, 0) is 42.6 Å². The summed E-state index contributed by atoms with van der Waals surface area (Å²) in [5.41, 5.74) is 11.5. The highest BCUT2D eigenvalue weighted by atomic mass is 35.5. The largest absolute Gasteiger partial charge is 0.490 e. The number of carbonyl (C=O) groups excluding carboxylic acids is 2. The van der Waals surface area contributed by atoms with E-state index in [0.29, 0.717) is 102 Å². The van der Waals surface area contributed by atoms with E-state index in [4.69, 9.17) is 74.2 Å². The molecule has 20 heteroatoms. The average molecular weight is 1250 g/mol. The van der Waals surface area contributed by atoms with Gasteiger partial charge in [0, 0.05) is 81.1 Å². The second-order valence-corrected chi connectivity index (χ2v) is 26.7. The van der Waals surface area contributed by atoms with Crippen molar-refractivity contribution >= 4 is 46.5 Å². The maximum atomic E-state index is 13.9. The summed E-state index contributed by atoms with van der Waals surface area (Å²) < 4.78 is 70.0. The number of rotatable bonds is 13. The molecule has 1 amide bonds. The number of nitrogens with one attached hydrogen (secondary N) is 1. The normalized spacial score (nSPS) is 20.1. The Bertz CT molecular complexity index is 3890. The minimum Gasteiger partial charge on any atom is -0.490 e. The lowest BCUT2D eigenvalue weighted by atomic mass is 9.83. The Labute approximate surface area is 518 Å². The summed E-state index contributed by atoms with van der Waals surface area (Å²) >= 11 is 17.9. The fourth-order valence-corrected chi connectivity index (χ4v) is 11.2. The first-order valence-electron chi connectivity index (χ1n) is 28.6. The van der Waals surface area contributed by atoms with E-state index in [9.17, 15) is 33.0 Å². The SMILES string of the molecule is CC1(C)COc2c1cc(C(C)(O)CN)nc2-c1ccc(F)c(Cl)c1.CC1(C)COc2c1cc(C1(C)CO1)nc2-c1ccc(F)c(Cl)c1.Cc1cc(C(=O)CCC(C)(O)c2cc3c(c(-c4ccc(F)c(Cl)c4)n2)OCC3(C)C)ccc1OC1CCNC1=O. The molecule has 5 N–H and O–H groups in total. The molecule has 458 valence electrons. The molecule has 4 aromatic carbocycles. The zero-order chi connectivity index (χ0) is 62.9. The summed E-state index contributed by atoms with van der Waals surface area (Å²) in [7, 11) is 0. The van der Waals surface area contributed by atoms with Crippen LogP contribution < -0.4 is 30.0 Å². The van der Waals surface area contributed by atoms with Crippen molar-refractivity contribution in [3.8, 4) is 56.8 Å². The summed E-state index contributed by atoms with van der Waals surface area (Å²) in [6.07, 6.45) is 0.279. The number of epoxide rings is 1. The molecule has 0 saturated carbocycles. The number of hydrogen-bond acceptors (Lipinski definition) is 13. The highest BCUT2D eigenvalue weighted by Gasteiger charge is 2.46. The van der Waals surface area contributed by atoms with Crippen LogP contribution in [-0.4, -0.2) is 82.5 Å². The number of halogens is 6. The molecule has 7 aromatic rings. The van der Waals surface area contributed by atoms with Crippen LogP contribution in [0, 0.1) is 24.4 Å². The molecule has 0 aliphatic carbocycles. The van der Waals surface area contributed by atoms with Crippen LogP contribution in [0.3, 0.4) is 0 Å². The third kappa shape index (κ3) is 12.9. The zero-order valence-corrected chi connectivity index (χ0v) is 52.3. The Kier molecular flexibility index (Phi) is 17.1. The van der Waals surface area contributed by atoms with Crippen LogP contribution >= 0.6 is 34.8 Å². The molecule has 2 fully saturated rings. The van der Waals surface area contributed by atoms with Gasteiger partial charge in [0.2, 0.25) is 0 Å². The highest BCUT2D eigenvalue weighted by molar-refractivity contribution is 6.31. The smallest absolute Gasteiger partial charge is 0.261 e. The molecule has 2 saturated heterocycles. The maximum absolute atomic E-state index is 13.9. The van der Waals surface area contributed by atoms with Gasteiger partial charge in [-0.25, -0.2) is 28.1 Å². The number of nitrogens with two attached hydrogens (primary N) is 1. The van der Waals surface area contributed by atoms with E-state index in [0.717, 1.165) is 39.3 Å². The molecule has 4 unspecified atom stereocenters. The second-order valence-electron chi connectivity index (χ2n) is 25.5. The number of aliphatic hydroxyl groups is 2. The summed E-state index contributed by atoms with van der Waals surface area (Å²) in [5, 5.41) is 24.9. The molecule has 5 aliphatic heterocycles. The molecule has 4 atom stereocenters. The van der Waals surface area contributed by atoms with Gasteiger partial charge >= 0.3 is 0 Å². The van der Waals surface area contributed by atoms with Gasteiger partial charge in [-0.2, -0.15) is 0 Å². The van der Waals surface area contributed by atoms with Crippen LogP contribution in [0.15, 0.2) is 91.0 Å². The van der Waals surface area contributed by atoms with Gasteiger partial charge in [-0.15, -0.1) is 0 Å². The standard InChI is InChI=1S/C31H32ClFN2O5.C18H20ClFN2O2.C18H17ClFNO2/c1-17-13-18(6-8-24(17)40-25-10-12-34-29(25)37)23(36)9-11-31(4,38)26-15-20-28(39-16-30(20,2)3)27(35-26)19-5-7-22(33)21(32)14-19;1-17(2)9-24-16-11(17)7-14(18(3,23)8-21)22-15(16)10-4-5-13(20)12(19)6-10;1-17(2)8-22-16-11(17)7-14(18(3)9-23-18)21-15(16)10-4-5-13(20)12(19)6-10/h5-8,13-15,25,38H,9-12,16H2,1-4H3,(H,34,37);4-7,23H,8-9,21H2,1-3H3;4-7H,8-9H2,1-3H3. The number of nitrogens with zero attached hydrogens (tertiary/aromatic N) is 3. The maximum Gasteiger partial charge on any atom is 0.261 e. The number of ketones is 1. The van der Waals surface area contributed by atoms with Crippen molar-refractivity contribution in [3.63, 3.8) is 0 Å². The molecular weight excluding hydrogens is 1180 g/mol. The number of fused-ring (bicyclic) bond motifs is 3. The quantitative estimate of drug-likeness (QED) is 0.0628. The van der Waals surface area contributed by atoms with Crippen LogP contribution in [0.25, 0.3) is 33.8 Å². The molecular formula is C67H69Cl3F3N5O9. The monoisotopic (exact) mass is 1250 g/mol. The fraction of sp³-hybridized carbons (Fsp3) is 0.388. The number of carbonyl (C=O) groups is 2. The molecule has 8 heterocycles. The van der Waals surface area contributed by atoms with Gasteiger partial charge < -0.3 is 44.9 Å². The lowest BCUT2D eigenvalue weighted by Crippen LogP contribution is -2.33. The van der Waals surface area contributed by atoms with E-state index in [1.54, 1.807) is 56.3 Å². The first kappa shape index (κ1) is 63.2. The molecule has 0 bridgehead atoms. The third-order valence-electron chi connectivity index (χ3n) is 16.6. The van der Waals surface area contributed by atoms with Crippen molar-refractivity contribution < 1.29 is 56.7 Å². The van der Waals surface area contributed by atoms with E-state index in [-0.39, 0.29) is 68.0 Å². The van der Waals surface area contributed by atoms with Gasteiger partial charge in [0.25, 0.3) is 5.91 Å². The number of amides is 1. The van der Waals surface area contributed by atoms with Crippen molar-refractivity contribution in [3.05, 3.63) is 168 Å². The lowest BCUT2D eigenvalue weighted by molar-refractivity contribution is -0.124. The predicted octanol–water partition coefficient (Wildman–Crippen LogP) is 13.5. The number of pyridine rings is 3. The van der Waals surface area contributed by atoms with Gasteiger partial charge in [0.05, 0.1) is 58.6 Å². The molecule has 14 nitrogen and oxygen atoms in total. The number of aromatic nitrogens is 3. The number of hydrogen-bond donors (Lipinski definition) is 4. The van der Waals surface area contributed by atoms with Gasteiger partial charge in [-0.1, -0.05) is 76.3 Å². The number of benzene rings is 4. The lowest BCUT2D eigenvalue weighted by Gasteiger charge is -2.25. The average Bonchev–Trinajstić information content (AvgIpc) is 1.70. The van der Waals surface area contributed by atoms with E-state index >= 15 is 0 Å². The van der Waals surface area contributed by atoms with Crippen LogP contribution in [0.1, 0.15) is 131 Å². The first-order valence-corrected chi connectivity index (χ1v) is 29.7. The summed E-state index contributed by atoms with van der Waals surface area (Å²) in [6.45, 7) is 22.4. The molecule has 5 aliphatic rings. The van der Waals surface area contributed by atoms with Crippen molar-refractivity contribution in [2.45, 2.75) is 128 Å². The number of Topliss-reactive ketones (excluding diaryl/α,β-unsaturated/α-hetero) is 1. The number of aryl methyl sites for hydroxylation is 1. The number of ether oxygens (including phenoxy) is 5. The molecule has 0 spiro atoms. The van der Waals surface area contributed by atoms with E-state index in [2.05, 4.69) is 44.1 Å². The van der Waals surface area contributed by atoms with Crippen LogP contribution in [0.4, 0.5) is 13.2 Å². The van der Waals surface area contributed by atoms with Gasteiger partial charge in [-0.05, 0) is 131 Å². The minimum atomic E-state index is -1.43. The van der Waals surface area contributed by atoms with E-state index < -0.39 is 34.8 Å². The van der Waals surface area contributed by atoms with Gasteiger partial charge in [-0.3, -0.25) is 9.59 Å². The summed E-state index contributed by atoms with van der Waals surface area (Å²) in [5.74, 6) is 0.785. The Morgan fingerprint density at radius 2 is 1.09 bits per heavy atom. The van der Waals surface area contributed by atoms with E-state index in [1.807, 2.05) is 39.8 Å². The highest BCUT2D eigenvalue weighted by Crippen LogP contribution is 2.50. The Hall–Kier alpha value is -6.83. The predicted molar refractivity (Wildman–Crippen MR) is 328 cm³/mol. The van der Waals surface area contributed by atoms with Crippen molar-refractivity contribution in [1.29, 1.82) is 0 Å². The zero-order valence-electron chi connectivity index (χ0n) is 50.0. The topological polar surface area (TPSA) is 201 Å². The van der Waals surface area contributed by atoms with Gasteiger partial charge in [0.15, 0.2) is 11.9 Å². The fourth-order valence-electron chi connectivity index (χ4n) is 10.7. The molecule has 12 rings (SSSR count). The Morgan fingerprint density at radius 3 is 1.49 bits per heavy atom. The minimum absolute atomic E-state index is 0.0105. The molecule has 0 radical (unpaired) electrons. The van der Waals surface area contributed by atoms with Crippen LogP contribution in [0.2, 0.25) is 15.1 Å². The van der Waals surface area contributed by atoms with Crippen molar-refractivity contribution in [2.24, 2.45) is 5.73 Å². The van der Waals surface area contributed by atoms with Crippen molar-refractivity contribution in [1.82, 2.24) is 20.3 Å². The van der Waals surface area contributed by atoms with E-state index in [1.165, 1.54) is 30.3 Å². The summed E-state index contributed by atoms with van der Waals surface area (Å²) in [4.78, 5) is 39.0. The van der Waals surface area contributed by atoms with Crippen LogP contribution in [0.5, 0.6) is 23.0 Å². The first-order chi connectivity index (χ1) is 40.8. The van der Waals surface area contributed by atoms with Crippen molar-refractivity contribution in [2.75, 3.05) is 39.5 Å². The Morgan fingerprint density at radius 1 is 0.655 bits per heavy atom. The molecule has 3 aromatic heterocycles. The van der Waals surface area contributed by atoms with Gasteiger partial charge in [0.1, 0.15) is 74.3 Å². The summed E-state index contributed by atoms with van der Waals surface area (Å²) in [6, 6.07) is 24.2. The second kappa shape index (κ2) is 23.6. The Balaban J connectivity index is 0.000000153. The molecule has 87 heavy (non-hydrogen) atoms. The third-order valence-corrected chi connectivity index (χ3v) is 17.5.